The van der Waals surface area contributed by atoms with Crippen LogP contribution >= 0.6 is 0 Å². The molecule has 2 aromatic heterocycles. The van der Waals surface area contributed by atoms with Gasteiger partial charge in [-0.25, -0.2) is 14.8 Å². The molecule has 0 aliphatic rings. The summed E-state index contributed by atoms with van der Waals surface area (Å²) < 4.78 is 13.9. The first-order valence-electron chi connectivity index (χ1n) is 11.6. The molecular formula is C26H27FN8O2. The molecule has 0 aliphatic carbocycles. The zero-order valence-corrected chi connectivity index (χ0v) is 19.9. The van der Waals surface area contributed by atoms with E-state index in [2.05, 4.69) is 41.4 Å². The molecule has 0 amide bonds. The zero-order chi connectivity index (χ0) is 25.9. The number of phenolic OH excluding ortho intramolecular Hbond substituents is 1. The molecule has 0 bridgehead atoms. The first-order chi connectivity index (χ1) is 18.1. The minimum atomic E-state index is -0.574. The van der Waals surface area contributed by atoms with E-state index in [1.165, 1.54) is 6.21 Å². The van der Waals surface area contributed by atoms with Gasteiger partial charge >= 0.3 is 0 Å². The first-order valence-corrected chi connectivity index (χ1v) is 11.6. The van der Waals surface area contributed by atoms with Crippen LogP contribution in [0.15, 0.2) is 78.2 Å². The van der Waals surface area contributed by atoms with E-state index in [-0.39, 0.29) is 24.1 Å². The van der Waals surface area contributed by atoms with E-state index in [1.807, 2.05) is 42.5 Å². The van der Waals surface area contributed by atoms with Crippen molar-refractivity contribution in [3.8, 4) is 16.9 Å². The van der Waals surface area contributed by atoms with Crippen LogP contribution in [-0.2, 0) is 0 Å². The molecule has 0 saturated carbocycles. The van der Waals surface area contributed by atoms with Gasteiger partial charge in [-0.05, 0) is 47.5 Å². The number of phenols is 1. The summed E-state index contributed by atoms with van der Waals surface area (Å²) in [7, 11) is 0. The number of aliphatic hydroxyl groups excluding tert-OH is 1. The molecule has 2 aromatic carbocycles. The number of halogens is 1. The summed E-state index contributed by atoms with van der Waals surface area (Å²) in [5.41, 5.74) is 6.92. The predicted octanol–water partition coefficient (Wildman–Crippen LogP) is 3.57. The molecule has 11 heteroatoms. The van der Waals surface area contributed by atoms with Crippen LogP contribution in [0.5, 0.6) is 5.75 Å². The summed E-state index contributed by atoms with van der Waals surface area (Å²) in [6.45, 7) is 1.49. The Hall–Kier alpha value is -4.61. The second-order valence-electron chi connectivity index (χ2n) is 7.88. The van der Waals surface area contributed by atoms with Gasteiger partial charge in [0.05, 0.1) is 36.6 Å². The number of anilines is 4. The van der Waals surface area contributed by atoms with Gasteiger partial charge in [0.1, 0.15) is 5.75 Å². The van der Waals surface area contributed by atoms with Crippen LogP contribution in [0.25, 0.3) is 11.1 Å². The van der Waals surface area contributed by atoms with Gasteiger partial charge in [-0.1, -0.05) is 24.3 Å². The largest absolute Gasteiger partial charge is 0.508 e. The van der Waals surface area contributed by atoms with Gasteiger partial charge in [0.2, 0.25) is 5.95 Å². The summed E-state index contributed by atoms with van der Waals surface area (Å²) >= 11 is 0. The van der Waals surface area contributed by atoms with Crippen LogP contribution in [0.1, 0.15) is 5.69 Å². The number of hydrogen-bond acceptors (Lipinski definition) is 10. The van der Waals surface area contributed by atoms with E-state index in [4.69, 9.17) is 5.11 Å². The molecule has 0 saturated heterocycles. The molecule has 6 N–H and O–H groups in total. The minimum absolute atomic E-state index is 0.0400. The lowest BCUT2D eigenvalue weighted by Gasteiger charge is -2.08. The van der Waals surface area contributed by atoms with Crippen molar-refractivity contribution in [1.29, 1.82) is 0 Å². The number of hydrogen-bond donors (Lipinski definition) is 6. The van der Waals surface area contributed by atoms with E-state index in [0.717, 1.165) is 28.7 Å². The molecule has 4 rings (SSSR count). The van der Waals surface area contributed by atoms with Crippen LogP contribution in [-0.4, -0.2) is 57.6 Å². The second kappa shape index (κ2) is 12.9. The highest BCUT2D eigenvalue weighted by molar-refractivity contribution is 5.78. The van der Waals surface area contributed by atoms with Crippen LogP contribution in [0.4, 0.5) is 27.5 Å². The Morgan fingerprint density at radius 2 is 1.73 bits per heavy atom. The molecule has 0 fully saturated rings. The first kappa shape index (κ1) is 25.5. The molecule has 0 aliphatic heterocycles. The third kappa shape index (κ3) is 7.69. The second-order valence-corrected chi connectivity index (χ2v) is 7.88. The lowest BCUT2D eigenvalue weighted by Crippen LogP contribution is -2.25. The number of nitrogens with one attached hydrogen (secondary N) is 4. The topological polar surface area (TPSA) is 140 Å². The van der Waals surface area contributed by atoms with Gasteiger partial charge in [0.15, 0.2) is 11.6 Å². The van der Waals surface area contributed by atoms with E-state index in [0.29, 0.717) is 25.3 Å². The van der Waals surface area contributed by atoms with Gasteiger partial charge < -0.3 is 26.2 Å². The van der Waals surface area contributed by atoms with Crippen molar-refractivity contribution in [2.75, 3.05) is 42.3 Å². The number of aliphatic hydroxyl groups is 1. The smallest absolute Gasteiger partial charge is 0.245 e. The van der Waals surface area contributed by atoms with E-state index >= 15 is 0 Å². The molecule has 37 heavy (non-hydrogen) atoms. The van der Waals surface area contributed by atoms with Gasteiger partial charge in [-0.2, -0.15) is 10.1 Å². The van der Waals surface area contributed by atoms with Gasteiger partial charge in [-0.3, -0.25) is 4.98 Å². The van der Waals surface area contributed by atoms with Crippen molar-refractivity contribution in [3.63, 3.8) is 0 Å². The number of benzene rings is 2. The fraction of sp³-hybridized carbons (Fsp3) is 0.154. The maximum Gasteiger partial charge on any atom is 0.245 e. The summed E-state index contributed by atoms with van der Waals surface area (Å²) in [6, 6.07) is 18.7. The SMILES string of the molecule is OCCNCCNc1nc(N/N=C/c2ccc(Nc3ccc(-c4cccc(O)c4)cc3)cn2)ncc1F. The van der Waals surface area contributed by atoms with Crippen molar-refractivity contribution in [2.45, 2.75) is 0 Å². The number of aromatic nitrogens is 3. The third-order valence-electron chi connectivity index (χ3n) is 5.13. The standard InChI is InChI=1S/C26H27FN8O2/c27-24-17-31-26(34-25(24)29-11-10-28-12-13-36)35-32-16-21-8-9-22(15-30-21)33-20-6-4-18(5-7-20)19-2-1-3-23(37)14-19/h1-9,14-17,28,33,36-37H,10-13H2,(H2,29,31,34,35)/b32-16+. The Kier molecular flexibility index (Phi) is 8.89. The van der Waals surface area contributed by atoms with Gasteiger partial charge in [-0.15, -0.1) is 0 Å². The number of nitrogens with zero attached hydrogens (tertiary/aromatic N) is 4. The van der Waals surface area contributed by atoms with Crippen molar-refractivity contribution in [2.24, 2.45) is 5.10 Å². The molecule has 0 radical (unpaired) electrons. The van der Waals surface area contributed by atoms with Crippen molar-refractivity contribution in [3.05, 3.63) is 84.6 Å². The average Bonchev–Trinajstić information content (AvgIpc) is 2.91. The third-order valence-corrected chi connectivity index (χ3v) is 5.13. The highest BCUT2D eigenvalue weighted by atomic mass is 19.1. The maximum atomic E-state index is 13.9. The summed E-state index contributed by atoms with van der Waals surface area (Å²) in [4.78, 5) is 12.3. The van der Waals surface area contributed by atoms with E-state index < -0.39 is 5.82 Å². The molecule has 10 nitrogen and oxygen atoms in total. The van der Waals surface area contributed by atoms with Crippen LogP contribution < -0.4 is 21.4 Å². The van der Waals surface area contributed by atoms with Crippen LogP contribution in [0.3, 0.4) is 0 Å². The summed E-state index contributed by atoms with van der Waals surface area (Å²) in [5.74, 6) is -0.149. The summed E-state index contributed by atoms with van der Waals surface area (Å²) in [5, 5.41) is 31.6. The highest BCUT2D eigenvalue weighted by Crippen LogP contribution is 2.25. The summed E-state index contributed by atoms with van der Waals surface area (Å²) in [6.07, 6.45) is 4.25. The number of aromatic hydroxyl groups is 1. The monoisotopic (exact) mass is 502 g/mol. The van der Waals surface area contributed by atoms with Crippen LogP contribution in [0.2, 0.25) is 0 Å². The Bertz CT molecular complexity index is 1320. The zero-order valence-electron chi connectivity index (χ0n) is 19.9. The normalized spacial score (nSPS) is 11.0. The van der Waals surface area contributed by atoms with E-state index in [1.54, 1.807) is 24.4 Å². The van der Waals surface area contributed by atoms with Crippen molar-refractivity contribution >= 4 is 29.4 Å². The molecular weight excluding hydrogens is 475 g/mol. The highest BCUT2D eigenvalue weighted by Gasteiger charge is 2.06. The molecule has 0 unspecified atom stereocenters. The Labute approximate surface area is 213 Å². The fourth-order valence-electron chi connectivity index (χ4n) is 3.33. The van der Waals surface area contributed by atoms with E-state index in [9.17, 15) is 9.50 Å². The van der Waals surface area contributed by atoms with Crippen LogP contribution in [0, 0.1) is 5.82 Å². The lowest BCUT2D eigenvalue weighted by molar-refractivity contribution is 0.293. The Morgan fingerprint density at radius 1 is 0.892 bits per heavy atom. The van der Waals surface area contributed by atoms with Crippen molar-refractivity contribution < 1.29 is 14.6 Å². The lowest BCUT2D eigenvalue weighted by atomic mass is 10.1. The van der Waals surface area contributed by atoms with Gasteiger partial charge in [0, 0.05) is 25.3 Å². The fourth-order valence-corrected chi connectivity index (χ4v) is 3.33. The minimum Gasteiger partial charge on any atom is -0.508 e. The maximum absolute atomic E-state index is 13.9. The number of rotatable bonds is 12. The molecule has 0 spiro atoms. The van der Waals surface area contributed by atoms with Gasteiger partial charge in [0.25, 0.3) is 0 Å². The van der Waals surface area contributed by atoms with Crippen molar-refractivity contribution in [1.82, 2.24) is 20.3 Å². The average molecular weight is 503 g/mol. The predicted molar refractivity (Wildman–Crippen MR) is 143 cm³/mol. The quantitative estimate of drug-likeness (QED) is 0.0975. The molecule has 4 aromatic rings. The molecule has 2 heterocycles. The Morgan fingerprint density at radius 3 is 2.49 bits per heavy atom. The number of hydrazone groups is 1. The molecule has 0 atom stereocenters. The Balaban J connectivity index is 1.29. The number of pyridine rings is 1. The molecule has 190 valence electrons.